The Balaban J connectivity index is 1.55. The molecule has 4 heteroatoms. The zero-order valence-corrected chi connectivity index (χ0v) is 15.2. The van der Waals surface area contributed by atoms with Crippen LogP contribution in [0.25, 0.3) is 11.3 Å². The number of hydrogen-bond donors (Lipinski definition) is 0. The Kier molecular flexibility index (Phi) is 4.70. The fourth-order valence-electron chi connectivity index (χ4n) is 3.28. The lowest BCUT2D eigenvalue weighted by molar-refractivity contribution is -0.596. The number of nitrogens with zero attached hydrogens (tertiary/aromatic N) is 4. The van der Waals surface area contributed by atoms with E-state index in [1.807, 2.05) is 83.8 Å². The van der Waals surface area contributed by atoms with Crippen molar-refractivity contribution in [1.82, 2.24) is 0 Å². The maximum Gasteiger partial charge on any atom is 0.228 e. The Morgan fingerprint density at radius 3 is 2.18 bits per heavy atom. The standard InChI is InChI=1S/C24H17N4/c25-17-21-5-1-3-7-23(21)27-13-9-19(10-14-27)20-11-15-28(16-12-20)24-8-4-2-6-22(24)18-26/h1-15H,16H2/q+1. The number of allylic oxidation sites excluding steroid dienone is 2. The van der Waals surface area contributed by atoms with E-state index in [9.17, 15) is 10.5 Å². The molecule has 4 rings (SSSR count). The molecular formula is C24H17N4+. The van der Waals surface area contributed by atoms with Gasteiger partial charge in [0.1, 0.15) is 17.7 Å². The van der Waals surface area contributed by atoms with Crippen LogP contribution in [0.4, 0.5) is 5.69 Å². The van der Waals surface area contributed by atoms with Gasteiger partial charge in [0.25, 0.3) is 0 Å². The van der Waals surface area contributed by atoms with E-state index in [4.69, 9.17) is 0 Å². The maximum absolute atomic E-state index is 9.30. The van der Waals surface area contributed by atoms with Gasteiger partial charge in [-0.2, -0.15) is 15.1 Å². The highest BCUT2D eigenvalue weighted by Crippen LogP contribution is 2.25. The quantitative estimate of drug-likeness (QED) is 0.659. The van der Waals surface area contributed by atoms with E-state index in [-0.39, 0.29) is 0 Å². The van der Waals surface area contributed by atoms with Gasteiger partial charge in [0.05, 0.1) is 11.3 Å². The van der Waals surface area contributed by atoms with Crippen LogP contribution in [0.1, 0.15) is 16.7 Å². The minimum Gasteiger partial charge on any atom is -0.343 e. The van der Waals surface area contributed by atoms with Crippen molar-refractivity contribution >= 4 is 11.3 Å². The minimum atomic E-state index is 0.642. The van der Waals surface area contributed by atoms with Crippen molar-refractivity contribution in [2.45, 2.75) is 0 Å². The maximum atomic E-state index is 9.30. The highest BCUT2D eigenvalue weighted by Gasteiger charge is 2.14. The molecule has 0 fully saturated rings. The van der Waals surface area contributed by atoms with E-state index < -0.39 is 0 Å². The summed E-state index contributed by atoms with van der Waals surface area (Å²) in [7, 11) is 0. The third-order valence-corrected chi connectivity index (χ3v) is 4.74. The number of benzene rings is 2. The molecular weight excluding hydrogens is 344 g/mol. The zero-order chi connectivity index (χ0) is 19.3. The molecule has 132 valence electrons. The van der Waals surface area contributed by atoms with Crippen LogP contribution in [0, 0.1) is 22.7 Å². The van der Waals surface area contributed by atoms with Crippen LogP contribution in [0.3, 0.4) is 0 Å². The second kappa shape index (κ2) is 7.61. The number of pyridine rings is 1. The van der Waals surface area contributed by atoms with Crippen molar-refractivity contribution in [3.05, 3.63) is 108 Å². The van der Waals surface area contributed by atoms with Gasteiger partial charge in [-0.05, 0) is 35.4 Å². The van der Waals surface area contributed by atoms with Gasteiger partial charge in [0, 0.05) is 30.9 Å². The second-order valence-corrected chi connectivity index (χ2v) is 6.38. The summed E-state index contributed by atoms with van der Waals surface area (Å²) in [6.45, 7) is 0.705. The Morgan fingerprint density at radius 2 is 1.50 bits per heavy atom. The van der Waals surface area contributed by atoms with Crippen molar-refractivity contribution in [3.8, 4) is 17.8 Å². The zero-order valence-electron chi connectivity index (χ0n) is 15.2. The lowest BCUT2D eigenvalue weighted by atomic mass is 10.0. The highest BCUT2D eigenvalue weighted by atomic mass is 15.1. The van der Waals surface area contributed by atoms with Gasteiger partial charge in [-0.3, -0.25) is 0 Å². The summed E-state index contributed by atoms with van der Waals surface area (Å²) in [6, 6.07) is 23.7. The summed E-state index contributed by atoms with van der Waals surface area (Å²) in [5.41, 5.74) is 5.32. The predicted octanol–water partition coefficient (Wildman–Crippen LogP) is 4.12. The molecule has 0 bridgehead atoms. The predicted molar refractivity (Wildman–Crippen MR) is 108 cm³/mol. The molecule has 0 atom stereocenters. The van der Waals surface area contributed by atoms with Gasteiger partial charge in [-0.15, -0.1) is 0 Å². The summed E-state index contributed by atoms with van der Waals surface area (Å²) in [6.07, 6.45) is 10.2. The van der Waals surface area contributed by atoms with E-state index in [0.29, 0.717) is 17.7 Å². The molecule has 2 aromatic carbocycles. The molecule has 1 aromatic heterocycles. The number of aromatic nitrogens is 1. The number of para-hydroxylation sites is 2. The van der Waals surface area contributed by atoms with Crippen molar-refractivity contribution in [3.63, 3.8) is 0 Å². The molecule has 2 heterocycles. The Hall–Kier alpha value is -4.15. The van der Waals surface area contributed by atoms with Gasteiger partial charge >= 0.3 is 0 Å². The van der Waals surface area contributed by atoms with Crippen LogP contribution >= 0.6 is 0 Å². The first-order valence-electron chi connectivity index (χ1n) is 8.95. The van der Waals surface area contributed by atoms with Gasteiger partial charge in [0.2, 0.25) is 5.69 Å². The van der Waals surface area contributed by atoms with Crippen molar-refractivity contribution in [2.24, 2.45) is 0 Å². The molecule has 0 aliphatic carbocycles. The average Bonchev–Trinajstić information content (AvgIpc) is 2.79. The first kappa shape index (κ1) is 17.3. The number of rotatable bonds is 3. The van der Waals surface area contributed by atoms with Crippen LogP contribution in [-0.2, 0) is 0 Å². The molecule has 0 unspecified atom stereocenters. The van der Waals surface area contributed by atoms with Crippen LogP contribution in [0.5, 0.6) is 0 Å². The molecule has 3 aromatic rings. The largest absolute Gasteiger partial charge is 0.343 e. The summed E-state index contributed by atoms with van der Waals surface area (Å²) in [4.78, 5) is 2.06. The van der Waals surface area contributed by atoms with E-state index in [2.05, 4.69) is 29.2 Å². The van der Waals surface area contributed by atoms with Crippen molar-refractivity contribution < 1.29 is 4.57 Å². The second-order valence-electron chi connectivity index (χ2n) is 6.38. The number of hydrogen-bond acceptors (Lipinski definition) is 3. The van der Waals surface area contributed by atoms with Crippen LogP contribution in [-0.4, -0.2) is 6.54 Å². The molecule has 0 radical (unpaired) electrons. The SMILES string of the molecule is N#Cc1ccccc1N1C=CC(c2cc[n+](-c3ccccc3C#N)cc2)=CC1. The molecule has 1 aliphatic heterocycles. The van der Waals surface area contributed by atoms with Crippen molar-refractivity contribution in [1.29, 1.82) is 10.5 Å². The molecule has 28 heavy (non-hydrogen) atoms. The molecule has 1 aliphatic rings. The summed E-state index contributed by atoms with van der Waals surface area (Å²) in [5.74, 6) is 0. The van der Waals surface area contributed by atoms with E-state index >= 15 is 0 Å². The summed E-state index contributed by atoms with van der Waals surface area (Å²) in [5, 5.41) is 18.6. The highest BCUT2D eigenvalue weighted by molar-refractivity contribution is 5.77. The van der Waals surface area contributed by atoms with E-state index in [1.54, 1.807) is 0 Å². The smallest absolute Gasteiger partial charge is 0.228 e. The third kappa shape index (κ3) is 3.28. The summed E-state index contributed by atoms with van der Waals surface area (Å²) < 4.78 is 1.95. The number of anilines is 1. The summed E-state index contributed by atoms with van der Waals surface area (Å²) >= 11 is 0. The molecule has 0 amide bonds. The fraction of sp³-hybridized carbons (Fsp3) is 0.0417. The molecule has 0 saturated heterocycles. The first-order valence-corrected chi connectivity index (χ1v) is 8.95. The van der Waals surface area contributed by atoms with E-state index in [0.717, 1.165) is 22.5 Å². The van der Waals surface area contributed by atoms with Gasteiger partial charge in [-0.1, -0.05) is 30.3 Å². The normalized spacial score (nSPS) is 12.8. The average molecular weight is 361 g/mol. The van der Waals surface area contributed by atoms with Gasteiger partial charge < -0.3 is 4.90 Å². The Labute approximate surface area is 164 Å². The van der Waals surface area contributed by atoms with E-state index in [1.165, 1.54) is 0 Å². The van der Waals surface area contributed by atoms with Gasteiger partial charge in [0.15, 0.2) is 12.4 Å². The lowest BCUT2D eigenvalue weighted by Gasteiger charge is -2.23. The lowest BCUT2D eigenvalue weighted by Crippen LogP contribution is -2.30. The first-order chi connectivity index (χ1) is 13.8. The topological polar surface area (TPSA) is 54.7 Å². The molecule has 0 spiro atoms. The minimum absolute atomic E-state index is 0.642. The molecule has 0 N–H and O–H groups in total. The van der Waals surface area contributed by atoms with Crippen molar-refractivity contribution in [2.75, 3.05) is 11.4 Å². The van der Waals surface area contributed by atoms with Crippen LogP contribution in [0.2, 0.25) is 0 Å². The molecule has 4 nitrogen and oxygen atoms in total. The van der Waals surface area contributed by atoms with Crippen LogP contribution in [0.15, 0.2) is 91.4 Å². The Morgan fingerprint density at radius 1 is 0.821 bits per heavy atom. The third-order valence-electron chi connectivity index (χ3n) is 4.74. The van der Waals surface area contributed by atoms with Crippen LogP contribution < -0.4 is 9.47 Å². The number of nitriles is 2. The Bertz CT molecular complexity index is 1160. The fourth-order valence-corrected chi connectivity index (χ4v) is 3.28. The van der Waals surface area contributed by atoms with Gasteiger partial charge in [-0.25, -0.2) is 0 Å². The monoisotopic (exact) mass is 361 g/mol. The molecule has 0 saturated carbocycles.